The highest BCUT2D eigenvalue weighted by Crippen LogP contribution is 2.25. The quantitative estimate of drug-likeness (QED) is 0.664. The minimum absolute atomic E-state index is 0.126. The van der Waals surface area contributed by atoms with Crippen LogP contribution in [0.5, 0.6) is 0 Å². The SMILES string of the molecule is COC(=O)c1sc(NC(=O)c2cn(CC(C)C)c(=O)c3ccccc23)nc1C. The number of thiazole rings is 1. The number of anilines is 1. The third-order valence-electron chi connectivity index (χ3n) is 4.19. The van der Waals surface area contributed by atoms with Crippen molar-refractivity contribution in [2.24, 2.45) is 5.92 Å². The molecule has 0 unspecified atom stereocenters. The first-order valence-corrected chi connectivity index (χ1v) is 9.62. The summed E-state index contributed by atoms with van der Waals surface area (Å²) in [6.07, 6.45) is 1.59. The fourth-order valence-electron chi connectivity index (χ4n) is 2.95. The second kappa shape index (κ2) is 7.93. The Labute approximate surface area is 166 Å². The molecule has 3 rings (SSSR count). The van der Waals surface area contributed by atoms with Crippen LogP contribution in [-0.2, 0) is 11.3 Å². The minimum Gasteiger partial charge on any atom is -0.465 e. The van der Waals surface area contributed by atoms with Crippen LogP contribution in [0.25, 0.3) is 10.8 Å². The maximum atomic E-state index is 13.0. The van der Waals surface area contributed by atoms with Crippen molar-refractivity contribution in [1.29, 1.82) is 0 Å². The summed E-state index contributed by atoms with van der Waals surface area (Å²) in [5.74, 6) is -0.635. The second-order valence-electron chi connectivity index (χ2n) is 6.82. The van der Waals surface area contributed by atoms with Crippen molar-refractivity contribution in [1.82, 2.24) is 9.55 Å². The van der Waals surface area contributed by atoms with Crippen LogP contribution >= 0.6 is 11.3 Å². The van der Waals surface area contributed by atoms with Crippen molar-refractivity contribution >= 4 is 39.1 Å². The van der Waals surface area contributed by atoms with Gasteiger partial charge in [-0.05, 0) is 18.9 Å². The standard InChI is InChI=1S/C20H21N3O4S/c1-11(2)9-23-10-15(13-7-5-6-8-14(13)18(23)25)17(24)22-20-21-12(3)16(28-20)19(26)27-4/h5-8,10-11H,9H2,1-4H3,(H,21,22,24). The van der Waals surface area contributed by atoms with E-state index in [2.05, 4.69) is 10.3 Å². The topological polar surface area (TPSA) is 90.3 Å². The summed E-state index contributed by atoms with van der Waals surface area (Å²) in [7, 11) is 1.30. The molecule has 1 aromatic carbocycles. The summed E-state index contributed by atoms with van der Waals surface area (Å²) >= 11 is 1.05. The number of pyridine rings is 1. The van der Waals surface area contributed by atoms with Crippen LogP contribution in [0.4, 0.5) is 5.13 Å². The van der Waals surface area contributed by atoms with Gasteiger partial charge in [-0.15, -0.1) is 0 Å². The molecule has 0 saturated carbocycles. The van der Waals surface area contributed by atoms with Crippen molar-refractivity contribution in [3.05, 3.63) is 57.0 Å². The molecule has 146 valence electrons. The number of carbonyl (C=O) groups excluding carboxylic acids is 2. The molecule has 0 saturated heterocycles. The summed E-state index contributed by atoms with van der Waals surface area (Å²) < 4.78 is 6.29. The predicted molar refractivity (Wildman–Crippen MR) is 109 cm³/mol. The number of nitrogens with one attached hydrogen (secondary N) is 1. The molecule has 0 fully saturated rings. The van der Waals surface area contributed by atoms with Gasteiger partial charge in [0.2, 0.25) is 0 Å². The molecule has 0 radical (unpaired) electrons. The molecule has 8 heteroatoms. The van der Waals surface area contributed by atoms with E-state index in [4.69, 9.17) is 4.74 Å². The molecule has 0 aliphatic heterocycles. The normalized spacial score (nSPS) is 11.0. The first kappa shape index (κ1) is 19.8. The zero-order valence-corrected chi connectivity index (χ0v) is 16.9. The van der Waals surface area contributed by atoms with E-state index in [0.29, 0.717) is 38.6 Å². The van der Waals surface area contributed by atoms with E-state index >= 15 is 0 Å². The average molecular weight is 399 g/mol. The number of methoxy groups -OCH3 is 1. The fourth-order valence-corrected chi connectivity index (χ4v) is 3.83. The largest absolute Gasteiger partial charge is 0.465 e. The van der Waals surface area contributed by atoms with E-state index in [1.165, 1.54) is 7.11 Å². The monoisotopic (exact) mass is 399 g/mol. The smallest absolute Gasteiger partial charge is 0.350 e. The van der Waals surface area contributed by atoms with Gasteiger partial charge in [0.1, 0.15) is 4.88 Å². The first-order chi connectivity index (χ1) is 13.3. The molecular weight excluding hydrogens is 378 g/mol. The Morgan fingerprint density at radius 1 is 1.25 bits per heavy atom. The van der Waals surface area contributed by atoms with Gasteiger partial charge < -0.3 is 9.30 Å². The Morgan fingerprint density at radius 2 is 1.93 bits per heavy atom. The lowest BCUT2D eigenvalue weighted by Gasteiger charge is -2.13. The molecule has 0 aliphatic rings. The number of benzene rings is 1. The Balaban J connectivity index is 2.03. The van der Waals surface area contributed by atoms with Gasteiger partial charge in [0.05, 0.1) is 18.4 Å². The van der Waals surface area contributed by atoms with E-state index in [1.807, 2.05) is 13.8 Å². The van der Waals surface area contributed by atoms with Gasteiger partial charge in [-0.1, -0.05) is 43.4 Å². The maximum absolute atomic E-state index is 13.0. The van der Waals surface area contributed by atoms with Crippen molar-refractivity contribution in [3.8, 4) is 0 Å². The van der Waals surface area contributed by atoms with Crippen LogP contribution in [0.3, 0.4) is 0 Å². The highest BCUT2D eigenvalue weighted by molar-refractivity contribution is 7.17. The number of aromatic nitrogens is 2. The van der Waals surface area contributed by atoms with E-state index in [1.54, 1.807) is 42.0 Å². The molecule has 2 heterocycles. The van der Waals surface area contributed by atoms with Crippen molar-refractivity contribution < 1.29 is 14.3 Å². The summed E-state index contributed by atoms with van der Waals surface area (Å²) in [6.45, 7) is 6.20. The molecular formula is C20H21N3O4S. The van der Waals surface area contributed by atoms with Crippen LogP contribution in [0.1, 0.15) is 39.6 Å². The van der Waals surface area contributed by atoms with Gasteiger partial charge in [0.15, 0.2) is 5.13 Å². The number of nitrogens with zero attached hydrogens (tertiary/aromatic N) is 2. The molecule has 2 aromatic heterocycles. The lowest BCUT2D eigenvalue weighted by atomic mass is 10.1. The number of fused-ring (bicyclic) bond motifs is 1. The summed E-state index contributed by atoms with van der Waals surface area (Å²) in [5, 5.41) is 4.10. The Morgan fingerprint density at radius 3 is 2.57 bits per heavy atom. The van der Waals surface area contributed by atoms with Gasteiger partial charge in [-0.25, -0.2) is 9.78 Å². The molecule has 3 aromatic rings. The highest BCUT2D eigenvalue weighted by Gasteiger charge is 2.20. The number of aryl methyl sites for hydroxylation is 1. The van der Waals surface area contributed by atoms with Crippen LogP contribution in [0, 0.1) is 12.8 Å². The molecule has 0 spiro atoms. The number of hydrogen-bond acceptors (Lipinski definition) is 6. The third kappa shape index (κ3) is 3.82. The van der Waals surface area contributed by atoms with E-state index in [-0.39, 0.29) is 17.4 Å². The van der Waals surface area contributed by atoms with Crippen molar-refractivity contribution in [3.63, 3.8) is 0 Å². The minimum atomic E-state index is -0.494. The van der Waals surface area contributed by atoms with Gasteiger partial charge in [0.25, 0.3) is 11.5 Å². The van der Waals surface area contributed by atoms with Crippen LogP contribution in [0.2, 0.25) is 0 Å². The van der Waals surface area contributed by atoms with Crippen LogP contribution in [-0.4, -0.2) is 28.5 Å². The summed E-state index contributed by atoms with van der Waals surface area (Å²) in [4.78, 5) is 42.0. The Bertz CT molecular complexity index is 1110. The van der Waals surface area contributed by atoms with Gasteiger partial charge in [-0.2, -0.15) is 0 Å². The van der Waals surface area contributed by atoms with Crippen LogP contribution < -0.4 is 10.9 Å². The highest BCUT2D eigenvalue weighted by atomic mass is 32.1. The van der Waals surface area contributed by atoms with Gasteiger partial charge in [-0.3, -0.25) is 14.9 Å². The number of rotatable bonds is 5. The lowest BCUT2D eigenvalue weighted by molar-refractivity contribution is 0.0605. The number of ether oxygens (including phenoxy) is 1. The molecule has 1 N–H and O–H groups in total. The maximum Gasteiger partial charge on any atom is 0.350 e. The number of hydrogen-bond donors (Lipinski definition) is 1. The lowest BCUT2D eigenvalue weighted by Crippen LogP contribution is -2.25. The fraction of sp³-hybridized carbons (Fsp3) is 0.300. The number of amides is 1. The molecule has 1 amide bonds. The third-order valence-corrected chi connectivity index (χ3v) is 5.24. The van der Waals surface area contributed by atoms with Crippen LogP contribution in [0.15, 0.2) is 35.3 Å². The van der Waals surface area contributed by atoms with Gasteiger partial charge in [0, 0.05) is 23.5 Å². The van der Waals surface area contributed by atoms with E-state index in [9.17, 15) is 14.4 Å². The molecule has 0 bridgehead atoms. The Kier molecular flexibility index (Phi) is 5.60. The molecule has 0 atom stereocenters. The molecule has 0 aliphatic carbocycles. The van der Waals surface area contributed by atoms with Crippen molar-refractivity contribution in [2.75, 3.05) is 12.4 Å². The number of esters is 1. The summed E-state index contributed by atoms with van der Waals surface area (Å²) in [6, 6.07) is 7.03. The predicted octanol–water partition coefficient (Wildman–Crippen LogP) is 3.46. The van der Waals surface area contributed by atoms with E-state index in [0.717, 1.165) is 11.3 Å². The molecule has 28 heavy (non-hydrogen) atoms. The zero-order chi connectivity index (χ0) is 20.4. The summed E-state index contributed by atoms with van der Waals surface area (Å²) in [5.41, 5.74) is 0.740. The zero-order valence-electron chi connectivity index (χ0n) is 16.1. The average Bonchev–Trinajstić information content (AvgIpc) is 3.03. The van der Waals surface area contributed by atoms with Crippen molar-refractivity contribution in [2.45, 2.75) is 27.3 Å². The Hall–Kier alpha value is -3.00. The van der Waals surface area contributed by atoms with Gasteiger partial charge >= 0.3 is 5.97 Å². The second-order valence-corrected chi connectivity index (χ2v) is 7.82. The van der Waals surface area contributed by atoms with E-state index < -0.39 is 5.97 Å². The molecule has 7 nitrogen and oxygen atoms in total. The number of carbonyl (C=O) groups is 2. The first-order valence-electron chi connectivity index (χ1n) is 8.81.